The predicted octanol–water partition coefficient (Wildman–Crippen LogP) is 2.96. The van der Waals surface area contributed by atoms with Gasteiger partial charge >= 0.3 is 12.0 Å². The van der Waals surface area contributed by atoms with Crippen molar-refractivity contribution in [3.63, 3.8) is 0 Å². The molecule has 2 aromatic rings. The Balaban J connectivity index is 1.91. The van der Waals surface area contributed by atoms with Gasteiger partial charge in [0, 0.05) is 6.42 Å². The maximum Gasteiger partial charge on any atom is 0.328 e. The normalized spacial score (nSPS) is 16.6. The van der Waals surface area contributed by atoms with Crippen LogP contribution in [0, 0.1) is 5.92 Å². The van der Waals surface area contributed by atoms with E-state index in [1.165, 1.54) is 12.0 Å². The minimum absolute atomic E-state index is 0.125. The molecule has 2 unspecified atom stereocenters. The largest absolute Gasteiger partial charge is 0.467 e. The monoisotopic (exact) mass is 395 g/mol. The molecule has 3 amide bonds. The molecule has 152 valence electrons. The molecule has 2 N–H and O–H groups in total. The van der Waals surface area contributed by atoms with Gasteiger partial charge in [-0.05, 0) is 23.6 Å². The number of nitrogens with one attached hydrogen (secondary N) is 2. The first-order valence-electron chi connectivity index (χ1n) is 9.53. The third-order valence-corrected chi connectivity index (χ3v) is 4.88. The number of fused-ring (bicyclic) bond motifs is 1. The molecule has 1 aliphatic rings. The van der Waals surface area contributed by atoms with Crippen LogP contribution in [0.4, 0.5) is 16.2 Å². The van der Waals surface area contributed by atoms with Crippen LogP contribution in [0.5, 0.6) is 0 Å². The third-order valence-electron chi connectivity index (χ3n) is 4.88. The van der Waals surface area contributed by atoms with Gasteiger partial charge in [0.1, 0.15) is 12.1 Å². The Kier molecular flexibility index (Phi) is 6.16. The molecule has 7 nitrogen and oxygen atoms in total. The molecular formula is C22H25N3O4. The Morgan fingerprint density at radius 1 is 1.10 bits per heavy atom. The summed E-state index contributed by atoms with van der Waals surface area (Å²) in [7, 11) is 1.28. The van der Waals surface area contributed by atoms with E-state index in [1.54, 1.807) is 24.3 Å². The smallest absolute Gasteiger partial charge is 0.328 e. The van der Waals surface area contributed by atoms with Gasteiger partial charge in [-0.3, -0.25) is 9.69 Å². The highest BCUT2D eigenvalue weighted by Gasteiger charge is 2.39. The molecule has 0 saturated carbocycles. The SMILES string of the molecule is COC(=O)C(Cc1ccccc1)NC(=O)N1c2ccccc2NC(=O)C1C(C)C. The van der Waals surface area contributed by atoms with Gasteiger partial charge in [0.25, 0.3) is 0 Å². The highest BCUT2D eigenvalue weighted by molar-refractivity contribution is 6.12. The molecule has 0 spiro atoms. The number of hydrogen-bond acceptors (Lipinski definition) is 4. The predicted molar refractivity (Wildman–Crippen MR) is 111 cm³/mol. The highest BCUT2D eigenvalue weighted by atomic mass is 16.5. The summed E-state index contributed by atoms with van der Waals surface area (Å²) in [5.74, 6) is -0.927. The van der Waals surface area contributed by atoms with Crippen LogP contribution in [0.1, 0.15) is 19.4 Å². The fourth-order valence-corrected chi connectivity index (χ4v) is 3.50. The lowest BCUT2D eigenvalue weighted by Crippen LogP contribution is -2.59. The Morgan fingerprint density at radius 3 is 2.41 bits per heavy atom. The van der Waals surface area contributed by atoms with Crippen molar-refractivity contribution in [1.82, 2.24) is 5.32 Å². The number of nitrogens with zero attached hydrogens (tertiary/aromatic N) is 1. The van der Waals surface area contributed by atoms with Crippen LogP contribution in [0.25, 0.3) is 0 Å². The van der Waals surface area contributed by atoms with Crippen molar-refractivity contribution in [2.75, 3.05) is 17.3 Å². The lowest BCUT2D eigenvalue weighted by Gasteiger charge is -2.38. The van der Waals surface area contributed by atoms with E-state index in [4.69, 9.17) is 4.74 Å². The van der Waals surface area contributed by atoms with E-state index in [-0.39, 0.29) is 18.2 Å². The molecule has 29 heavy (non-hydrogen) atoms. The van der Waals surface area contributed by atoms with Crippen LogP contribution < -0.4 is 15.5 Å². The molecule has 2 aromatic carbocycles. The van der Waals surface area contributed by atoms with E-state index in [9.17, 15) is 14.4 Å². The highest BCUT2D eigenvalue weighted by Crippen LogP contribution is 2.34. The van der Waals surface area contributed by atoms with Crippen molar-refractivity contribution in [2.24, 2.45) is 5.92 Å². The molecule has 3 rings (SSSR count). The quantitative estimate of drug-likeness (QED) is 0.762. The summed E-state index contributed by atoms with van der Waals surface area (Å²) in [6, 6.07) is 14.4. The molecule has 0 saturated heterocycles. The minimum Gasteiger partial charge on any atom is -0.467 e. The molecule has 2 atom stereocenters. The number of para-hydroxylation sites is 2. The fourth-order valence-electron chi connectivity index (χ4n) is 3.50. The number of urea groups is 1. The molecule has 0 fully saturated rings. The molecule has 1 heterocycles. The van der Waals surface area contributed by atoms with Crippen LogP contribution in [0.15, 0.2) is 54.6 Å². The second-order valence-corrected chi connectivity index (χ2v) is 7.28. The maximum atomic E-state index is 13.3. The van der Waals surface area contributed by atoms with Crippen LogP contribution >= 0.6 is 0 Å². The van der Waals surface area contributed by atoms with Crippen LogP contribution in [0.3, 0.4) is 0 Å². The van der Waals surface area contributed by atoms with Crippen molar-refractivity contribution >= 4 is 29.3 Å². The molecule has 0 radical (unpaired) electrons. The van der Waals surface area contributed by atoms with Crippen molar-refractivity contribution in [2.45, 2.75) is 32.4 Å². The summed E-state index contributed by atoms with van der Waals surface area (Å²) in [6.07, 6.45) is 0.285. The summed E-state index contributed by atoms with van der Waals surface area (Å²) in [4.78, 5) is 39.7. The Labute approximate surface area is 170 Å². The van der Waals surface area contributed by atoms with Crippen molar-refractivity contribution in [1.29, 1.82) is 0 Å². The number of rotatable bonds is 5. The third kappa shape index (κ3) is 4.39. The van der Waals surface area contributed by atoms with E-state index in [0.717, 1.165) is 5.56 Å². The Morgan fingerprint density at radius 2 is 1.76 bits per heavy atom. The zero-order chi connectivity index (χ0) is 21.0. The van der Waals surface area contributed by atoms with E-state index < -0.39 is 24.1 Å². The number of anilines is 2. The Bertz CT molecular complexity index is 898. The molecule has 0 aliphatic carbocycles. The number of esters is 1. The number of ether oxygens (including phenoxy) is 1. The number of amides is 3. The van der Waals surface area contributed by atoms with Gasteiger partial charge in [0.2, 0.25) is 5.91 Å². The van der Waals surface area contributed by atoms with Gasteiger partial charge in [0.15, 0.2) is 0 Å². The summed E-state index contributed by atoms with van der Waals surface area (Å²) in [5.41, 5.74) is 2.04. The van der Waals surface area contributed by atoms with Gasteiger partial charge in [-0.1, -0.05) is 56.3 Å². The van der Waals surface area contributed by atoms with Gasteiger partial charge in [-0.2, -0.15) is 0 Å². The molecular weight excluding hydrogens is 370 g/mol. The summed E-state index contributed by atoms with van der Waals surface area (Å²) in [5, 5.41) is 5.62. The van der Waals surface area contributed by atoms with Crippen molar-refractivity contribution < 1.29 is 19.1 Å². The topological polar surface area (TPSA) is 87.7 Å². The zero-order valence-electron chi connectivity index (χ0n) is 16.7. The summed E-state index contributed by atoms with van der Waals surface area (Å²) >= 11 is 0. The molecule has 1 aliphatic heterocycles. The van der Waals surface area contributed by atoms with Crippen LogP contribution in [-0.4, -0.2) is 37.1 Å². The van der Waals surface area contributed by atoms with Crippen molar-refractivity contribution in [3.05, 3.63) is 60.2 Å². The molecule has 7 heteroatoms. The van der Waals surface area contributed by atoms with E-state index in [0.29, 0.717) is 11.4 Å². The number of carbonyl (C=O) groups is 3. The zero-order valence-corrected chi connectivity index (χ0v) is 16.7. The minimum atomic E-state index is -0.875. The van der Waals surface area contributed by atoms with Gasteiger partial charge in [-0.15, -0.1) is 0 Å². The average molecular weight is 395 g/mol. The summed E-state index contributed by atoms with van der Waals surface area (Å²) in [6.45, 7) is 3.75. The standard InChI is InChI=1S/C22H25N3O4/c1-14(2)19-20(26)23-16-11-7-8-12-18(16)25(19)22(28)24-17(21(27)29-3)13-15-9-5-4-6-10-15/h4-12,14,17,19H,13H2,1-3H3,(H,23,26)(H,24,28). The second-order valence-electron chi connectivity index (χ2n) is 7.28. The molecule has 0 bridgehead atoms. The van der Waals surface area contributed by atoms with E-state index in [2.05, 4.69) is 10.6 Å². The van der Waals surface area contributed by atoms with E-state index >= 15 is 0 Å². The number of hydrogen-bond donors (Lipinski definition) is 2. The first-order valence-corrected chi connectivity index (χ1v) is 9.53. The van der Waals surface area contributed by atoms with Crippen LogP contribution in [0.2, 0.25) is 0 Å². The summed E-state index contributed by atoms with van der Waals surface area (Å²) < 4.78 is 4.89. The van der Waals surface area contributed by atoms with Gasteiger partial charge in [-0.25, -0.2) is 9.59 Å². The van der Waals surface area contributed by atoms with E-state index in [1.807, 2.05) is 44.2 Å². The van der Waals surface area contributed by atoms with Gasteiger partial charge < -0.3 is 15.4 Å². The number of methoxy groups -OCH3 is 1. The lowest BCUT2D eigenvalue weighted by molar-refractivity contribution is -0.142. The Hall–Kier alpha value is -3.35. The van der Waals surface area contributed by atoms with Crippen molar-refractivity contribution in [3.8, 4) is 0 Å². The number of benzene rings is 2. The van der Waals surface area contributed by atoms with Gasteiger partial charge in [0.05, 0.1) is 18.5 Å². The first kappa shape index (κ1) is 20.4. The fraction of sp³-hybridized carbons (Fsp3) is 0.318. The lowest BCUT2D eigenvalue weighted by atomic mass is 9.98. The average Bonchev–Trinajstić information content (AvgIpc) is 2.72. The maximum absolute atomic E-state index is 13.3. The first-order chi connectivity index (χ1) is 13.9. The second kappa shape index (κ2) is 8.77. The molecule has 0 aromatic heterocycles. The number of carbonyl (C=O) groups excluding carboxylic acids is 3. The van der Waals surface area contributed by atoms with Crippen LogP contribution in [-0.2, 0) is 20.7 Å².